The molecule has 156 valence electrons. The van der Waals surface area contributed by atoms with E-state index in [-0.39, 0.29) is 12.5 Å². The highest BCUT2D eigenvalue weighted by atomic mass is 16.5. The first-order valence-electron chi connectivity index (χ1n) is 10.1. The number of aryl methyl sites for hydroxylation is 1. The molecular formula is C23H32N4O2. The molecule has 2 N–H and O–H groups in total. The van der Waals surface area contributed by atoms with Gasteiger partial charge in [0.2, 0.25) is 5.91 Å². The lowest BCUT2D eigenvalue weighted by Gasteiger charge is -2.22. The molecule has 0 spiro atoms. The van der Waals surface area contributed by atoms with Crippen LogP contribution in [0.3, 0.4) is 0 Å². The van der Waals surface area contributed by atoms with E-state index >= 15 is 0 Å². The van der Waals surface area contributed by atoms with Crippen LogP contribution >= 0.6 is 0 Å². The summed E-state index contributed by atoms with van der Waals surface area (Å²) < 4.78 is 5.72. The molecular weight excluding hydrogens is 364 g/mol. The van der Waals surface area contributed by atoms with Crippen molar-refractivity contribution in [1.82, 2.24) is 15.5 Å². The van der Waals surface area contributed by atoms with Crippen molar-refractivity contribution in [2.75, 3.05) is 26.7 Å². The van der Waals surface area contributed by atoms with Crippen LogP contribution in [0.2, 0.25) is 0 Å². The quantitative estimate of drug-likeness (QED) is 0.505. The molecule has 0 saturated carbocycles. The summed E-state index contributed by atoms with van der Waals surface area (Å²) in [4.78, 5) is 18.7. The minimum absolute atomic E-state index is 0.0321. The fourth-order valence-corrected chi connectivity index (χ4v) is 2.95. The highest BCUT2D eigenvalue weighted by Crippen LogP contribution is 2.20. The van der Waals surface area contributed by atoms with Gasteiger partial charge in [0.05, 0.1) is 13.2 Å². The Bertz CT molecular complexity index is 806. The van der Waals surface area contributed by atoms with Crippen LogP contribution in [-0.4, -0.2) is 43.5 Å². The number of nitrogens with one attached hydrogen (secondary N) is 2. The van der Waals surface area contributed by atoms with E-state index in [0.717, 1.165) is 22.4 Å². The largest absolute Gasteiger partial charge is 0.494 e. The van der Waals surface area contributed by atoms with Gasteiger partial charge >= 0.3 is 0 Å². The summed E-state index contributed by atoms with van der Waals surface area (Å²) in [6, 6.07) is 16.1. The Morgan fingerprint density at radius 1 is 1.10 bits per heavy atom. The highest BCUT2D eigenvalue weighted by molar-refractivity contribution is 5.86. The maximum atomic E-state index is 12.6. The van der Waals surface area contributed by atoms with Crippen molar-refractivity contribution in [3.63, 3.8) is 0 Å². The molecule has 0 saturated heterocycles. The number of amides is 1. The summed E-state index contributed by atoms with van der Waals surface area (Å²) in [6.07, 6.45) is 0. The molecule has 1 amide bonds. The van der Waals surface area contributed by atoms with Crippen molar-refractivity contribution in [3.05, 3.63) is 65.2 Å². The van der Waals surface area contributed by atoms with Gasteiger partial charge in [-0.1, -0.05) is 42.5 Å². The van der Waals surface area contributed by atoms with Crippen LogP contribution in [0.25, 0.3) is 0 Å². The van der Waals surface area contributed by atoms with Gasteiger partial charge in [-0.25, -0.2) is 0 Å². The molecule has 0 aliphatic heterocycles. The minimum atomic E-state index is 0.0321. The van der Waals surface area contributed by atoms with Crippen LogP contribution in [-0.2, 0) is 17.9 Å². The Morgan fingerprint density at radius 3 is 2.52 bits per heavy atom. The van der Waals surface area contributed by atoms with Crippen LogP contribution in [0.1, 0.15) is 30.5 Å². The number of aliphatic imine (C=N–C) groups is 1. The van der Waals surface area contributed by atoms with Crippen LogP contribution < -0.4 is 15.4 Å². The molecule has 0 heterocycles. The van der Waals surface area contributed by atoms with Gasteiger partial charge in [0.25, 0.3) is 0 Å². The molecule has 0 aliphatic rings. The summed E-state index contributed by atoms with van der Waals surface area (Å²) in [7, 11) is 1.69. The predicted molar refractivity (Wildman–Crippen MR) is 118 cm³/mol. The normalized spacial score (nSPS) is 11.1. The topological polar surface area (TPSA) is 66.0 Å². The van der Waals surface area contributed by atoms with Crippen molar-refractivity contribution in [3.8, 4) is 5.75 Å². The average molecular weight is 397 g/mol. The molecule has 0 bridgehead atoms. The zero-order valence-corrected chi connectivity index (χ0v) is 17.9. The number of carbonyl (C=O) groups excluding carboxylic acids is 1. The zero-order valence-electron chi connectivity index (χ0n) is 17.9. The molecule has 0 aliphatic carbocycles. The number of likely N-dealkylation sites (N-methyl/N-ethyl adjacent to an activating group) is 1. The van der Waals surface area contributed by atoms with E-state index in [0.29, 0.717) is 32.2 Å². The van der Waals surface area contributed by atoms with E-state index in [1.165, 1.54) is 0 Å². The Balaban J connectivity index is 1.89. The minimum Gasteiger partial charge on any atom is -0.494 e. The van der Waals surface area contributed by atoms with Crippen molar-refractivity contribution in [1.29, 1.82) is 0 Å². The summed E-state index contributed by atoms with van der Waals surface area (Å²) in [6.45, 7) is 8.62. The lowest BCUT2D eigenvalue weighted by Crippen LogP contribution is -2.44. The molecule has 6 heteroatoms. The molecule has 0 fully saturated rings. The van der Waals surface area contributed by atoms with Gasteiger partial charge in [0.15, 0.2) is 5.96 Å². The van der Waals surface area contributed by atoms with Gasteiger partial charge in [0.1, 0.15) is 5.75 Å². The highest BCUT2D eigenvalue weighted by Gasteiger charge is 2.13. The third-order valence-electron chi connectivity index (χ3n) is 4.55. The lowest BCUT2D eigenvalue weighted by molar-refractivity contribution is -0.130. The van der Waals surface area contributed by atoms with E-state index in [1.807, 2.05) is 68.1 Å². The van der Waals surface area contributed by atoms with E-state index in [9.17, 15) is 4.79 Å². The Hall–Kier alpha value is -3.02. The van der Waals surface area contributed by atoms with Crippen LogP contribution in [0, 0.1) is 6.92 Å². The fourth-order valence-electron chi connectivity index (χ4n) is 2.95. The summed E-state index contributed by atoms with van der Waals surface area (Å²) in [5.41, 5.74) is 3.32. The van der Waals surface area contributed by atoms with E-state index in [4.69, 9.17) is 4.74 Å². The molecule has 2 aromatic rings. The van der Waals surface area contributed by atoms with Crippen LogP contribution in [0.5, 0.6) is 5.75 Å². The second-order valence-electron chi connectivity index (χ2n) is 6.72. The van der Waals surface area contributed by atoms with Crippen LogP contribution in [0.4, 0.5) is 0 Å². The maximum Gasteiger partial charge on any atom is 0.242 e. The number of ether oxygens (including phenoxy) is 1. The molecule has 0 atom stereocenters. The van der Waals surface area contributed by atoms with Crippen molar-refractivity contribution in [2.45, 2.75) is 33.9 Å². The first-order valence-corrected chi connectivity index (χ1v) is 10.1. The number of rotatable bonds is 9. The van der Waals surface area contributed by atoms with Crippen LogP contribution in [0.15, 0.2) is 53.5 Å². The standard InChI is InChI=1S/C23H32N4O2/c1-5-27(17-19-10-8-7-9-11-19)22(28)16-26-23(24-4)25-15-20-13-12-18(3)14-21(20)29-6-2/h7-14H,5-6,15-17H2,1-4H3,(H2,24,25,26). The third-order valence-corrected chi connectivity index (χ3v) is 4.55. The number of hydrogen-bond acceptors (Lipinski definition) is 3. The Kier molecular flexibility index (Phi) is 9.02. The third kappa shape index (κ3) is 7.14. The van der Waals surface area contributed by atoms with Crippen molar-refractivity contribution < 1.29 is 9.53 Å². The maximum absolute atomic E-state index is 12.6. The lowest BCUT2D eigenvalue weighted by atomic mass is 10.1. The van der Waals surface area contributed by atoms with Gasteiger partial charge in [-0.3, -0.25) is 9.79 Å². The Labute approximate surface area is 174 Å². The van der Waals surface area contributed by atoms with E-state index in [1.54, 1.807) is 7.05 Å². The molecule has 2 aromatic carbocycles. The number of hydrogen-bond donors (Lipinski definition) is 2. The molecule has 29 heavy (non-hydrogen) atoms. The van der Waals surface area contributed by atoms with Gasteiger partial charge in [-0.2, -0.15) is 0 Å². The second-order valence-corrected chi connectivity index (χ2v) is 6.72. The Morgan fingerprint density at radius 2 is 1.86 bits per heavy atom. The SMILES string of the molecule is CCOc1cc(C)ccc1CNC(=NC)NCC(=O)N(CC)Cc1ccccc1. The monoisotopic (exact) mass is 396 g/mol. The molecule has 6 nitrogen and oxygen atoms in total. The van der Waals surface area contributed by atoms with E-state index in [2.05, 4.69) is 21.7 Å². The van der Waals surface area contributed by atoms with Gasteiger partial charge < -0.3 is 20.3 Å². The average Bonchev–Trinajstić information content (AvgIpc) is 2.74. The van der Waals surface area contributed by atoms with Gasteiger partial charge in [-0.15, -0.1) is 0 Å². The molecule has 2 rings (SSSR count). The summed E-state index contributed by atoms with van der Waals surface area (Å²) in [5.74, 6) is 1.48. The number of guanidine groups is 1. The van der Waals surface area contributed by atoms with Crippen molar-refractivity contribution in [2.24, 2.45) is 4.99 Å². The smallest absolute Gasteiger partial charge is 0.242 e. The zero-order chi connectivity index (χ0) is 21.1. The van der Waals surface area contributed by atoms with Crippen molar-refractivity contribution >= 4 is 11.9 Å². The second kappa shape index (κ2) is 11.7. The van der Waals surface area contributed by atoms with E-state index < -0.39 is 0 Å². The molecule has 0 radical (unpaired) electrons. The number of carbonyl (C=O) groups is 1. The van der Waals surface area contributed by atoms with Gasteiger partial charge in [-0.05, 0) is 38.0 Å². The number of benzene rings is 2. The molecule has 0 unspecified atom stereocenters. The first-order chi connectivity index (χ1) is 14.1. The molecule has 0 aromatic heterocycles. The fraction of sp³-hybridized carbons (Fsp3) is 0.391. The van der Waals surface area contributed by atoms with Gasteiger partial charge in [0, 0.05) is 32.2 Å². The number of nitrogens with zero attached hydrogens (tertiary/aromatic N) is 2. The summed E-state index contributed by atoms with van der Waals surface area (Å²) in [5, 5.41) is 6.36. The summed E-state index contributed by atoms with van der Waals surface area (Å²) >= 11 is 0. The predicted octanol–water partition coefficient (Wildman–Crippen LogP) is 3.11. The first kappa shape index (κ1) is 22.3.